The fourth-order valence-corrected chi connectivity index (χ4v) is 4.49. The normalized spacial score (nSPS) is 19.8. The Bertz CT molecular complexity index is 754. The Kier molecular flexibility index (Phi) is 6.91. The minimum absolute atomic E-state index is 0.142. The summed E-state index contributed by atoms with van der Waals surface area (Å²) in [6, 6.07) is 14.2. The number of carbonyl (C=O) groups excluding carboxylic acids is 1. The topological polar surface area (TPSA) is 45.7 Å². The van der Waals surface area contributed by atoms with Crippen LogP contribution in [0.15, 0.2) is 54.9 Å². The fourth-order valence-electron chi connectivity index (χ4n) is 4.49. The first-order valence-electron chi connectivity index (χ1n) is 10.8. The highest BCUT2D eigenvalue weighted by Crippen LogP contribution is 2.27. The largest absolute Gasteiger partial charge is 0.379 e. The van der Waals surface area contributed by atoms with Gasteiger partial charge in [0.25, 0.3) is 0 Å². The van der Waals surface area contributed by atoms with Crippen molar-refractivity contribution in [1.29, 1.82) is 0 Å². The van der Waals surface area contributed by atoms with E-state index in [1.54, 1.807) is 6.20 Å². The van der Waals surface area contributed by atoms with Crippen molar-refractivity contribution in [2.45, 2.75) is 25.2 Å². The number of hydrogen-bond donors (Lipinski definition) is 0. The average Bonchev–Trinajstić information content (AvgIpc) is 2.79. The van der Waals surface area contributed by atoms with Gasteiger partial charge in [0, 0.05) is 45.1 Å². The van der Waals surface area contributed by atoms with Crippen LogP contribution in [-0.4, -0.2) is 66.6 Å². The number of amides is 1. The number of pyridine rings is 1. The Balaban J connectivity index is 1.39. The molecule has 0 saturated carbocycles. The standard InChI is InChI=1S/C24H31N3O2/c28-24(27-11-8-20(9-12-27)19-26-13-15-29-16-14-26)23(22-6-2-1-3-7-22)17-21-5-4-10-25-18-21/h1-7,10,18,20,23H,8-9,11-17,19H2. The van der Waals surface area contributed by atoms with E-state index in [-0.39, 0.29) is 11.8 Å². The molecule has 154 valence electrons. The molecule has 0 N–H and O–H groups in total. The molecule has 29 heavy (non-hydrogen) atoms. The Morgan fingerprint density at radius 3 is 2.48 bits per heavy atom. The SMILES string of the molecule is O=C(C(Cc1cccnc1)c1ccccc1)N1CCC(CN2CCOCC2)CC1. The van der Waals surface area contributed by atoms with Gasteiger partial charge in [-0.15, -0.1) is 0 Å². The number of nitrogens with zero attached hydrogens (tertiary/aromatic N) is 3. The number of ether oxygens (including phenoxy) is 1. The highest BCUT2D eigenvalue weighted by Gasteiger charge is 2.30. The second kappa shape index (κ2) is 9.99. The van der Waals surface area contributed by atoms with Crippen molar-refractivity contribution in [3.8, 4) is 0 Å². The lowest BCUT2D eigenvalue weighted by atomic mass is 9.89. The highest BCUT2D eigenvalue weighted by molar-refractivity contribution is 5.84. The molecule has 2 saturated heterocycles. The molecule has 5 heteroatoms. The van der Waals surface area contributed by atoms with E-state index >= 15 is 0 Å². The summed E-state index contributed by atoms with van der Waals surface area (Å²) in [5, 5.41) is 0. The molecule has 3 heterocycles. The summed E-state index contributed by atoms with van der Waals surface area (Å²) in [4.78, 5) is 22.3. The number of likely N-dealkylation sites (tertiary alicyclic amines) is 1. The summed E-state index contributed by atoms with van der Waals surface area (Å²) < 4.78 is 5.46. The lowest BCUT2D eigenvalue weighted by Crippen LogP contribution is -2.45. The van der Waals surface area contributed by atoms with E-state index in [4.69, 9.17) is 4.74 Å². The number of carbonyl (C=O) groups is 1. The number of benzene rings is 1. The molecule has 1 atom stereocenters. The molecule has 0 radical (unpaired) electrons. The molecule has 1 aromatic heterocycles. The number of hydrogen-bond acceptors (Lipinski definition) is 4. The minimum atomic E-state index is -0.142. The Labute approximate surface area is 173 Å². The van der Waals surface area contributed by atoms with Crippen LogP contribution >= 0.6 is 0 Å². The van der Waals surface area contributed by atoms with Gasteiger partial charge in [-0.2, -0.15) is 0 Å². The third kappa shape index (κ3) is 5.43. The molecular weight excluding hydrogens is 362 g/mol. The number of aromatic nitrogens is 1. The smallest absolute Gasteiger partial charge is 0.230 e. The first kappa shape index (κ1) is 20.0. The van der Waals surface area contributed by atoms with Crippen molar-refractivity contribution in [2.24, 2.45) is 5.92 Å². The maximum atomic E-state index is 13.5. The molecule has 2 aliphatic rings. The van der Waals surface area contributed by atoms with Gasteiger partial charge in [-0.05, 0) is 42.4 Å². The maximum Gasteiger partial charge on any atom is 0.230 e. The molecule has 2 aliphatic heterocycles. The molecule has 1 amide bonds. The Hall–Kier alpha value is -2.24. The van der Waals surface area contributed by atoms with E-state index in [1.807, 2.05) is 30.5 Å². The van der Waals surface area contributed by atoms with Crippen LogP contribution in [0.25, 0.3) is 0 Å². The third-order valence-electron chi connectivity index (χ3n) is 6.21. The van der Waals surface area contributed by atoms with Crippen molar-refractivity contribution >= 4 is 5.91 Å². The molecule has 1 aromatic carbocycles. The summed E-state index contributed by atoms with van der Waals surface area (Å²) in [6.45, 7) is 6.66. The monoisotopic (exact) mass is 393 g/mol. The van der Waals surface area contributed by atoms with Crippen LogP contribution in [0, 0.1) is 5.92 Å². The van der Waals surface area contributed by atoms with Gasteiger partial charge in [-0.25, -0.2) is 0 Å². The maximum absolute atomic E-state index is 13.5. The summed E-state index contributed by atoms with van der Waals surface area (Å²) in [5.74, 6) is 0.798. The van der Waals surface area contributed by atoms with E-state index in [9.17, 15) is 4.79 Å². The van der Waals surface area contributed by atoms with E-state index < -0.39 is 0 Å². The summed E-state index contributed by atoms with van der Waals surface area (Å²) >= 11 is 0. The van der Waals surface area contributed by atoms with Gasteiger partial charge in [0.15, 0.2) is 0 Å². The van der Waals surface area contributed by atoms with Crippen molar-refractivity contribution < 1.29 is 9.53 Å². The zero-order valence-electron chi connectivity index (χ0n) is 17.1. The first-order chi connectivity index (χ1) is 14.3. The zero-order chi connectivity index (χ0) is 19.9. The second-order valence-electron chi connectivity index (χ2n) is 8.21. The average molecular weight is 394 g/mol. The van der Waals surface area contributed by atoms with Gasteiger partial charge in [0.1, 0.15) is 0 Å². The Morgan fingerprint density at radius 1 is 1.03 bits per heavy atom. The van der Waals surface area contributed by atoms with E-state index in [0.29, 0.717) is 12.3 Å². The molecule has 1 unspecified atom stereocenters. The van der Waals surface area contributed by atoms with Crippen LogP contribution in [0.1, 0.15) is 29.9 Å². The molecule has 0 aliphatic carbocycles. The van der Waals surface area contributed by atoms with E-state index in [2.05, 4.69) is 33.0 Å². The lowest BCUT2D eigenvalue weighted by Gasteiger charge is -2.37. The van der Waals surface area contributed by atoms with Crippen LogP contribution in [0.2, 0.25) is 0 Å². The van der Waals surface area contributed by atoms with Gasteiger partial charge in [-0.1, -0.05) is 36.4 Å². The van der Waals surface area contributed by atoms with Crippen LogP contribution in [0.5, 0.6) is 0 Å². The first-order valence-corrected chi connectivity index (χ1v) is 10.8. The molecule has 4 rings (SSSR count). The van der Waals surface area contributed by atoms with Crippen LogP contribution < -0.4 is 0 Å². The molecule has 2 fully saturated rings. The summed E-state index contributed by atoms with van der Waals surface area (Å²) in [5.41, 5.74) is 2.20. The number of rotatable bonds is 6. The summed E-state index contributed by atoms with van der Waals surface area (Å²) in [7, 11) is 0. The fraction of sp³-hybridized carbons (Fsp3) is 0.500. The van der Waals surface area contributed by atoms with Gasteiger partial charge in [0.2, 0.25) is 5.91 Å². The van der Waals surface area contributed by atoms with Crippen molar-refractivity contribution in [3.63, 3.8) is 0 Å². The number of piperidine rings is 1. The molecular formula is C24H31N3O2. The van der Waals surface area contributed by atoms with Crippen LogP contribution in [-0.2, 0) is 16.0 Å². The predicted octanol–water partition coefficient (Wildman–Crippen LogP) is 2.98. The van der Waals surface area contributed by atoms with Crippen molar-refractivity contribution in [3.05, 3.63) is 66.0 Å². The summed E-state index contributed by atoms with van der Waals surface area (Å²) in [6.07, 6.45) is 6.54. The predicted molar refractivity (Wildman–Crippen MR) is 114 cm³/mol. The highest BCUT2D eigenvalue weighted by atomic mass is 16.5. The van der Waals surface area contributed by atoms with Crippen LogP contribution in [0.4, 0.5) is 0 Å². The van der Waals surface area contributed by atoms with Gasteiger partial charge >= 0.3 is 0 Å². The van der Waals surface area contributed by atoms with Crippen molar-refractivity contribution in [1.82, 2.24) is 14.8 Å². The second-order valence-corrected chi connectivity index (χ2v) is 8.21. The van der Waals surface area contributed by atoms with Crippen LogP contribution in [0.3, 0.4) is 0 Å². The minimum Gasteiger partial charge on any atom is -0.379 e. The van der Waals surface area contributed by atoms with E-state index in [0.717, 1.165) is 69.9 Å². The van der Waals surface area contributed by atoms with Gasteiger partial charge in [0.05, 0.1) is 19.1 Å². The molecule has 5 nitrogen and oxygen atoms in total. The molecule has 0 bridgehead atoms. The van der Waals surface area contributed by atoms with E-state index in [1.165, 1.54) is 0 Å². The third-order valence-corrected chi connectivity index (χ3v) is 6.21. The molecule has 2 aromatic rings. The quantitative estimate of drug-likeness (QED) is 0.757. The molecule has 0 spiro atoms. The lowest BCUT2D eigenvalue weighted by molar-refractivity contribution is -0.134. The Morgan fingerprint density at radius 2 is 1.79 bits per heavy atom. The van der Waals surface area contributed by atoms with Gasteiger partial charge in [-0.3, -0.25) is 14.7 Å². The number of morpholine rings is 1. The zero-order valence-corrected chi connectivity index (χ0v) is 17.1. The van der Waals surface area contributed by atoms with Gasteiger partial charge < -0.3 is 9.64 Å². The van der Waals surface area contributed by atoms with Crippen molar-refractivity contribution in [2.75, 3.05) is 45.9 Å².